The number of hydrogen-bond donors (Lipinski definition) is 1. The van der Waals surface area contributed by atoms with Gasteiger partial charge in [-0.3, -0.25) is 4.79 Å². The number of carbonyl (C=O) groups excluding carboxylic acids is 2. The van der Waals surface area contributed by atoms with Crippen molar-refractivity contribution in [1.29, 1.82) is 0 Å². The highest BCUT2D eigenvalue weighted by Gasteiger charge is 2.26. The van der Waals surface area contributed by atoms with Crippen LogP contribution in [-0.2, 0) is 29.0 Å². The van der Waals surface area contributed by atoms with E-state index in [4.69, 9.17) is 4.74 Å². The van der Waals surface area contributed by atoms with Gasteiger partial charge >= 0.3 is 6.09 Å². The maximum atomic E-state index is 12.1. The molecule has 22 heavy (non-hydrogen) atoms. The molecule has 1 aliphatic rings. The first-order chi connectivity index (χ1) is 10.3. The zero-order chi connectivity index (χ0) is 16.3. The second-order valence-electron chi connectivity index (χ2n) is 6.50. The topological polar surface area (TPSA) is 63.6 Å². The van der Waals surface area contributed by atoms with Crippen LogP contribution in [0.1, 0.15) is 39.1 Å². The van der Waals surface area contributed by atoms with Crippen molar-refractivity contribution in [1.82, 2.24) is 14.8 Å². The number of fused-ring (bicyclic) bond motifs is 1. The predicted molar refractivity (Wildman–Crippen MR) is 83.5 cm³/mol. The van der Waals surface area contributed by atoms with E-state index in [-0.39, 0.29) is 12.0 Å². The Morgan fingerprint density at radius 3 is 2.64 bits per heavy atom. The molecule has 0 aromatic carbocycles. The minimum atomic E-state index is -0.486. The van der Waals surface area contributed by atoms with Gasteiger partial charge in [0.1, 0.15) is 5.60 Å². The Kier molecular flexibility index (Phi) is 4.78. The third kappa shape index (κ3) is 4.02. The van der Waals surface area contributed by atoms with Gasteiger partial charge in [0.2, 0.25) is 5.91 Å². The van der Waals surface area contributed by atoms with Crippen LogP contribution in [0.2, 0.25) is 0 Å². The fraction of sp³-hybridized carbons (Fsp3) is 0.625. The maximum absolute atomic E-state index is 12.1. The van der Waals surface area contributed by atoms with Crippen LogP contribution < -0.4 is 5.32 Å². The van der Waals surface area contributed by atoms with E-state index in [0.717, 1.165) is 11.4 Å². The summed E-state index contributed by atoms with van der Waals surface area (Å²) in [5.74, 6) is 0.0259. The van der Waals surface area contributed by atoms with Gasteiger partial charge < -0.3 is 19.5 Å². The molecule has 0 aliphatic carbocycles. The Hall–Kier alpha value is -1.98. The molecule has 0 saturated carbocycles. The molecule has 1 aromatic heterocycles. The second kappa shape index (κ2) is 6.42. The van der Waals surface area contributed by atoms with E-state index in [1.165, 1.54) is 0 Å². The molecule has 122 valence electrons. The molecule has 2 amide bonds. The van der Waals surface area contributed by atoms with Gasteiger partial charge in [-0.15, -0.1) is 0 Å². The molecule has 1 aromatic rings. The van der Waals surface area contributed by atoms with Crippen molar-refractivity contribution in [3.8, 4) is 0 Å². The molecule has 2 heterocycles. The van der Waals surface area contributed by atoms with Gasteiger partial charge in [-0.25, -0.2) is 4.79 Å². The molecule has 1 N–H and O–H groups in total. The molecule has 0 saturated heterocycles. The van der Waals surface area contributed by atoms with Gasteiger partial charge in [0.05, 0.1) is 13.0 Å². The van der Waals surface area contributed by atoms with Crippen LogP contribution in [0.5, 0.6) is 0 Å². The van der Waals surface area contributed by atoms with E-state index in [1.54, 1.807) is 4.90 Å². The van der Waals surface area contributed by atoms with Crippen molar-refractivity contribution in [2.75, 3.05) is 13.1 Å². The zero-order valence-corrected chi connectivity index (χ0v) is 13.8. The number of rotatable bonds is 3. The molecular weight excluding hydrogens is 282 g/mol. The van der Waals surface area contributed by atoms with E-state index in [1.807, 2.05) is 39.8 Å². The molecule has 0 radical (unpaired) electrons. The SMILES string of the molecule is CCNC(=O)Cc1ccc2n1CCN(C(=O)OC(C)(C)C)C2. The number of amides is 2. The van der Waals surface area contributed by atoms with E-state index >= 15 is 0 Å². The number of ether oxygens (including phenoxy) is 1. The fourth-order valence-electron chi connectivity index (χ4n) is 2.54. The van der Waals surface area contributed by atoms with Crippen molar-refractivity contribution in [3.63, 3.8) is 0 Å². The smallest absolute Gasteiger partial charge is 0.410 e. The third-order valence-corrected chi connectivity index (χ3v) is 3.48. The average molecular weight is 307 g/mol. The summed E-state index contributed by atoms with van der Waals surface area (Å²) in [5, 5.41) is 2.81. The summed E-state index contributed by atoms with van der Waals surface area (Å²) in [6, 6.07) is 3.94. The first kappa shape index (κ1) is 16.4. The normalized spacial score (nSPS) is 14.5. The molecule has 0 fully saturated rings. The highest BCUT2D eigenvalue weighted by atomic mass is 16.6. The summed E-state index contributed by atoms with van der Waals surface area (Å²) in [4.78, 5) is 25.5. The zero-order valence-electron chi connectivity index (χ0n) is 13.8. The lowest BCUT2D eigenvalue weighted by Crippen LogP contribution is -2.41. The van der Waals surface area contributed by atoms with Gasteiger partial charge in [0.15, 0.2) is 0 Å². The van der Waals surface area contributed by atoms with Crippen molar-refractivity contribution < 1.29 is 14.3 Å². The molecule has 6 heteroatoms. The van der Waals surface area contributed by atoms with Crippen molar-refractivity contribution in [2.24, 2.45) is 0 Å². The highest BCUT2D eigenvalue weighted by molar-refractivity contribution is 5.78. The van der Waals surface area contributed by atoms with Gasteiger partial charge in [-0.2, -0.15) is 0 Å². The van der Waals surface area contributed by atoms with E-state index in [0.29, 0.717) is 32.6 Å². The first-order valence-corrected chi connectivity index (χ1v) is 7.72. The number of hydrogen-bond acceptors (Lipinski definition) is 3. The van der Waals surface area contributed by atoms with Crippen LogP contribution in [0.3, 0.4) is 0 Å². The standard InChI is InChI=1S/C16H25N3O3/c1-5-17-14(20)10-12-6-7-13-11-18(8-9-19(12)13)15(21)22-16(2,3)4/h6-7H,5,8-11H2,1-4H3,(H,17,20). The van der Waals surface area contributed by atoms with Crippen LogP contribution >= 0.6 is 0 Å². The summed E-state index contributed by atoms with van der Waals surface area (Å²) in [6.45, 7) is 9.94. The largest absolute Gasteiger partial charge is 0.444 e. The lowest BCUT2D eigenvalue weighted by atomic mass is 10.2. The Balaban J connectivity index is 2.02. The summed E-state index contributed by atoms with van der Waals surface area (Å²) in [5.41, 5.74) is 1.54. The lowest BCUT2D eigenvalue weighted by Gasteiger charge is -2.31. The van der Waals surface area contributed by atoms with Crippen molar-refractivity contribution in [2.45, 2.75) is 52.8 Å². The van der Waals surface area contributed by atoms with Crippen molar-refractivity contribution >= 4 is 12.0 Å². The number of aromatic nitrogens is 1. The van der Waals surface area contributed by atoms with Gasteiger partial charge in [-0.05, 0) is 39.8 Å². The quantitative estimate of drug-likeness (QED) is 0.928. The van der Waals surface area contributed by atoms with E-state index < -0.39 is 5.60 Å². The van der Waals surface area contributed by atoms with E-state index in [2.05, 4.69) is 9.88 Å². The molecular formula is C16H25N3O3. The molecule has 1 aliphatic heterocycles. The predicted octanol–water partition coefficient (Wildman–Crippen LogP) is 1.92. The molecule has 0 bridgehead atoms. The summed E-state index contributed by atoms with van der Waals surface area (Å²) in [7, 11) is 0. The van der Waals surface area contributed by atoms with Crippen LogP contribution in [0.25, 0.3) is 0 Å². The monoisotopic (exact) mass is 307 g/mol. The average Bonchev–Trinajstić information content (AvgIpc) is 2.79. The van der Waals surface area contributed by atoms with Gasteiger partial charge in [-0.1, -0.05) is 0 Å². The summed E-state index contributed by atoms with van der Waals surface area (Å²) in [6.07, 6.45) is 0.0884. The molecule has 6 nitrogen and oxygen atoms in total. The fourth-order valence-corrected chi connectivity index (χ4v) is 2.54. The number of carbonyl (C=O) groups is 2. The summed E-state index contributed by atoms with van der Waals surface area (Å²) < 4.78 is 7.53. The van der Waals surface area contributed by atoms with Crippen LogP contribution in [-0.4, -0.2) is 40.2 Å². The highest BCUT2D eigenvalue weighted by Crippen LogP contribution is 2.19. The molecule has 2 rings (SSSR count). The van der Waals surface area contributed by atoms with Gasteiger partial charge in [0.25, 0.3) is 0 Å². The van der Waals surface area contributed by atoms with Crippen LogP contribution in [0, 0.1) is 0 Å². The molecule has 0 unspecified atom stereocenters. The Labute approximate surface area is 131 Å². The summed E-state index contributed by atoms with van der Waals surface area (Å²) >= 11 is 0. The minimum absolute atomic E-state index is 0.0259. The van der Waals surface area contributed by atoms with E-state index in [9.17, 15) is 9.59 Å². The molecule has 0 spiro atoms. The number of likely N-dealkylation sites (N-methyl/N-ethyl adjacent to an activating group) is 1. The number of nitrogens with one attached hydrogen (secondary N) is 1. The van der Waals surface area contributed by atoms with Crippen LogP contribution in [0.4, 0.5) is 4.79 Å². The Morgan fingerprint density at radius 2 is 2.00 bits per heavy atom. The molecule has 0 atom stereocenters. The lowest BCUT2D eigenvalue weighted by molar-refractivity contribution is -0.120. The van der Waals surface area contributed by atoms with Crippen molar-refractivity contribution in [3.05, 3.63) is 23.5 Å². The Bertz CT molecular complexity index is 557. The Morgan fingerprint density at radius 1 is 1.27 bits per heavy atom. The second-order valence-corrected chi connectivity index (χ2v) is 6.50. The maximum Gasteiger partial charge on any atom is 0.410 e. The minimum Gasteiger partial charge on any atom is -0.444 e. The first-order valence-electron chi connectivity index (χ1n) is 7.72. The van der Waals surface area contributed by atoms with Gasteiger partial charge in [0, 0.05) is 31.0 Å². The van der Waals surface area contributed by atoms with Crippen LogP contribution in [0.15, 0.2) is 12.1 Å². The number of nitrogens with zero attached hydrogens (tertiary/aromatic N) is 2. The third-order valence-electron chi connectivity index (χ3n) is 3.48.